The maximum atomic E-state index is 4.57. The van der Waals surface area contributed by atoms with Crippen LogP contribution in [0.15, 0.2) is 41.3 Å². The second-order valence-corrected chi connectivity index (χ2v) is 6.52. The van der Waals surface area contributed by atoms with Crippen LogP contribution in [0.4, 0.5) is 11.6 Å². The second-order valence-electron chi connectivity index (χ2n) is 5.47. The molecular weight excluding hydrogens is 306 g/mol. The van der Waals surface area contributed by atoms with Crippen LogP contribution in [0.1, 0.15) is 22.8 Å². The zero-order valence-corrected chi connectivity index (χ0v) is 14.2. The molecule has 0 aliphatic heterocycles. The molecule has 3 aromatic rings. The van der Waals surface area contributed by atoms with Crippen LogP contribution in [0, 0.1) is 20.8 Å². The summed E-state index contributed by atoms with van der Waals surface area (Å²) in [5.74, 6) is 3.07. The van der Waals surface area contributed by atoms with Crippen molar-refractivity contribution < 1.29 is 0 Å². The number of rotatable bonds is 5. The van der Waals surface area contributed by atoms with Gasteiger partial charge in [-0.05, 0) is 32.9 Å². The van der Waals surface area contributed by atoms with Gasteiger partial charge in [0.15, 0.2) is 5.82 Å². The van der Waals surface area contributed by atoms with E-state index in [-0.39, 0.29) is 0 Å². The molecule has 0 amide bonds. The molecule has 0 bridgehead atoms. The van der Waals surface area contributed by atoms with Gasteiger partial charge in [0.2, 0.25) is 0 Å². The number of hydrogen-bond acceptors (Lipinski definition) is 5. The molecule has 0 saturated carbocycles. The van der Waals surface area contributed by atoms with E-state index in [0.29, 0.717) is 0 Å². The molecule has 5 nitrogen and oxygen atoms in total. The van der Waals surface area contributed by atoms with E-state index in [1.807, 2.05) is 26.0 Å². The standard InChI is InChI=1S/C17H19N5S/c1-11-4-6-14(7-5-11)23-10-17-18-12(2)8-15(20-17)19-16-9-13(3)21-22-16/h4-9H,10H2,1-3H3,(H2,18,19,20,21,22). The van der Waals surface area contributed by atoms with Gasteiger partial charge in [0.25, 0.3) is 0 Å². The van der Waals surface area contributed by atoms with Gasteiger partial charge in [-0.1, -0.05) is 17.7 Å². The number of aryl methyl sites for hydroxylation is 3. The van der Waals surface area contributed by atoms with Crippen molar-refractivity contribution in [2.45, 2.75) is 31.4 Å². The third-order valence-electron chi connectivity index (χ3n) is 3.25. The molecule has 118 valence electrons. The molecule has 23 heavy (non-hydrogen) atoms. The first-order chi connectivity index (χ1) is 11.1. The van der Waals surface area contributed by atoms with Crippen LogP contribution in [0.5, 0.6) is 0 Å². The van der Waals surface area contributed by atoms with E-state index < -0.39 is 0 Å². The summed E-state index contributed by atoms with van der Waals surface area (Å²) in [6.07, 6.45) is 0. The van der Waals surface area contributed by atoms with Crippen molar-refractivity contribution >= 4 is 23.4 Å². The fourth-order valence-electron chi connectivity index (χ4n) is 2.15. The molecule has 0 spiro atoms. The smallest absolute Gasteiger partial charge is 0.153 e. The Kier molecular flexibility index (Phi) is 4.62. The Labute approximate surface area is 140 Å². The number of aromatic amines is 1. The van der Waals surface area contributed by atoms with E-state index >= 15 is 0 Å². The molecule has 2 N–H and O–H groups in total. The molecular formula is C17H19N5S. The highest BCUT2D eigenvalue weighted by Gasteiger charge is 2.05. The van der Waals surface area contributed by atoms with Crippen LogP contribution >= 0.6 is 11.8 Å². The van der Waals surface area contributed by atoms with E-state index in [0.717, 1.165) is 34.6 Å². The van der Waals surface area contributed by atoms with Crippen molar-refractivity contribution in [3.05, 3.63) is 59.2 Å². The minimum absolute atomic E-state index is 0.735. The highest BCUT2D eigenvalue weighted by atomic mass is 32.2. The van der Waals surface area contributed by atoms with Crippen LogP contribution in [-0.4, -0.2) is 20.2 Å². The summed E-state index contributed by atoms with van der Waals surface area (Å²) in [5, 5.41) is 10.3. The summed E-state index contributed by atoms with van der Waals surface area (Å²) in [4.78, 5) is 10.3. The first kappa shape index (κ1) is 15.6. The maximum Gasteiger partial charge on any atom is 0.153 e. The summed E-state index contributed by atoms with van der Waals surface area (Å²) >= 11 is 1.74. The fourth-order valence-corrected chi connectivity index (χ4v) is 2.91. The lowest BCUT2D eigenvalue weighted by molar-refractivity contribution is 0.994. The lowest BCUT2D eigenvalue weighted by Crippen LogP contribution is -2.01. The fraction of sp³-hybridized carbons (Fsp3) is 0.235. The van der Waals surface area contributed by atoms with Crippen LogP contribution < -0.4 is 5.32 Å². The van der Waals surface area contributed by atoms with Gasteiger partial charge in [-0.25, -0.2) is 9.97 Å². The summed E-state index contributed by atoms with van der Waals surface area (Å²) in [5.41, 5.74) is 3.21. The Morgan fingerprint density at radius 2 is 1.78 bits per heavy atom. The first-order valence-corrected chi connectivity index (χ1v) is 8.40. The van der Waals surface area contributed by atoms with E-state index in [9.17, 15) is 0 Å². The zero-order valence-electron chi connectivity index (χ0n) is 13.4. The monoisotopic (exact) mass is 325 g/mol. The Balaban J connectivity index is 1.70. The van der Waals surface area contributed by atoms with Gasteiger partial charge in [0.05, 0.1) is 5.75 Å². The summed E-state index contributed by atoms with van der Waals surface area (Å²) in [6, 6.07) is 12.4. The summed E-state index contributed by atoms with van der Waals surface area (Å²) < 4.78 is 0. The van der Waals surface area contributed by atoms with Gasteiger partial charge in [-0.15, -0.1) is 11.8 Å². The third kappa shape index (κ3) is 4.32. The van der Waals surface area contributed by atoms with Crippen molar-refractivity contribution in [2.75, 3.05) is 5.32 Å². The molecule has 0 fully saturated rings. The average molecular weight is 325 g/mol. The van der Waals surface area contributed by atoms with Gasteiger partial charge < -0.3 is 5.32 Å². The lowest BCUT2D eigenvalue weighted by Gasteiger charge is -2.07. The quantitative estimate of drug-likeness (QED) is 0.690. The van der Waals surface area contributed by atoms with Gasteiger partial charge in [0, 0.05) is 28.4 Å². The van der Waals surface area contributed by atoms with Crippen LogP contribution in [0.2, 0.25) is 0 Å². The molecule has 0 unspecified atom stereocenters. The molecule has 0 aliphatic carbocycles. The van der Waals surface area contributed by atoms with Crippen LogP contribution in [0.3, 0.4) is 0 Å². The summed E-state index contributed by atoms with van der Waals surface area (Å²) in [7, 11) is 0. The van der Waals surface area contributed by atoms with Crippen molar-refractivity contribution in [1.29, 1.82) is 0 Å². The zero-order chi connectivity index (χ0) is 16.2. The number of aromatic nitrogens is 4. The topological polar surface area (TPSA) is 66.5 Å². The second kappa shape index (κ2) is 6.83. The molecule has 0 saturated heterocycles. The summed E-state index contributed by atoms with van der Waals surface area (Å²) in [6.45, 7) is 6.03. The Morgan fingerprint density at radius 3 is 2.48 bits per heavy atom. The minimum atomic E-state index is 0.735. The van der Waals surface area contributed by atoms with Crippen molar-refractivity contribution in [1.82, 2.24) is 20.2 Å². The van der Waals surface area contributed by atoms with Gasteiger partial charge >= 0.3 is 0 Å². The molecule has 1 aromatic carbocycles. The lowest BCUT2D eigenvalue weighted by atomic mass is 10.2. The number of thioether (sulfide) groups is 1. The Bertz CT molecular complexity index is 795. The SMILES string of the molecule is Cc1ccc(SCc2nc(C)cc(Nc3cc(C)[nH]n3)n2)cc1. The average Bonchev–Trinajstić information content (AvgIpc) is 2.91. The molecule has 0 radical (unpaired) electrons. The number of anilines is 2. The Morgan fingerprint density at radius 1 is 1.00 bits per heavy atom. The van der Waals surface area contributed by atoms with E-state index in [2.05, 4.69) is 56.7 Å². The molecule has 0 atom stereocenters. The van der Waals surface area contributed by atoms with Gasteiger partial charge in [-0.2, -0.15) is 5.10 Å². The van der Waals surface area contributed by atoms with Crippen molar-refractivity contribution in [2.24, 2.45) is 0 Å². The molecule has 3 rings (SSSR count). The third-order valence-corrected chi connectivity index (χ3v) is 4.26. The minimum Gasteiger partial charge on any atom is -0.323 e. The van der Waals surface area contributed by atoms with Crippen molar-refractivity contribution in [3.63, 3.8) is 0 Å². The van der Waals surface area contributed by atoms with E-state index in [1.165, 1.54) is 10.5 Å². The number of nitrogens with one attached hydrogen (secondary N) is 2. The molecule has 2 heterocycles. The van der Waals surface area contributed by atoms with E-state index in [1.54, 1.807) is 11.8 Å². The highest BCUT2D eigenvalue weighted by Crippen LogP contribution is 2.23. The number of benzene rings is 1. The number of nitrogens with zero attached hydrogens (tertiary/aromatic N) is 3. The van der Waals surface area contributed by atoms with E-state index in [4.69, 9.17) is 0 Å². The molecule has 2 aromatic heterocycles. The predicted octanol–water partition coefficient (Wildman–Crippen LogP) is 4.16. The number of H-pyrrole nitrogens is 1. The van der Waals surface area contributed by atoms with Crippen LogP contribution in [-0.2, 0) is 5.75 Å². The van der Waals surface area contributed by atoms with Gasteiger partial charge in [0.1, 0.15) is 11.6 Å². The largest absolute Gasteiger partial charge is 0.323 e. The Hall–Kier alpha value is -2.34. The van der Waals surface area contributed by atoms with Crippen LogP contribution in [0.25, 0.3) is 0 Å². The van der Waals surface area contributed by atoms with Gasteiger partial charge in [-0.3, -0.25) is 5.10 Å². The highest BCUT2D eigenvalue weighted by molar-refractivity contribution is 7.98. The first-order valence-electron chi connectivity index (χ1n) is 7.41. The number of hydrogen-bond donors (Lipinski definition) is 2. The van der Waals surface area contributed by atoms with Crippen molar-refractivity contribution in [3.8, 4) is 0 Å². The maximum absolute atomic E-state index is 4.57. The normalized spacial score (nSPS) is 10.7. The molecule has 0 aliphatic rings. The molecule has 6 heteroatoms. The predicted molar refractivity (Wildman–Crippen MR) is 94.1 cm³/mol.